The summed E-state index contributed by atoms with van der Waals surface area (Å²) in [5.41, 5.74) is 8.51. The van der Waals surface area contributed by atoms with E-state index in [0.29, 0.717) is 4.90 Å². The first-order valence-corrected chi connectivity index (χ1v) is 8.47. The minimum absolute atomic E-state index is 0.126. The highest BCUT2D eigenvalue weighted by molar-refractivity contribution is 7.99. The summed E-state index contributed by atoms with van der Waals surface area (Å²) >= 11 is 1.35. The second-order valence-electron chi connectivity index (χ2n) is 5.80. The van der Waals surface area contributed by atoms with Crippen LogP contribution < -0.4 is 5.73 Å². The van der Waals surface area contributed by atoms with Gasteiger partial charge in [0.05, 0.1) is 5.56 Å². The molecule has 130 valence electrons. The standard InChI is InChI=1S/C19H17F3N2S/c1-12-3-4-13(2)24(12)15-6-8-16(9-7-15)25-18-10-5-14(11-17(18)23)19(20,21)22/h3-11H,23H2,1-2H3. The van der Waals surface area contributed by atoms with E-state index in [1.54, 1.807) is 0 Å². The Hall–Kier alpha value is -2.34. The number of aryl methyl sites for hydroxylation is 2. The zero-order chi connectivity index (χ0) is 18.2. The average molecular weight is 362 g/mol. The van der Waals surface area contributed by atoms with Crippen molar-refractivity contribution in [1.29, 1.82) is 0 Å². The molecule has 1 heterocycles. The van der Waals surface area contributed by atoms with E-state index in [0.717, 1.165) is 34.1 Å². The molecule has 2 aromatic carbocycles. The van der Waals surface area contributed by atoms with Crippen LogP contribution in [0.3, 0.4) is 0 Å². The second kappa shape index (κ2) is 6.52. The lowest BCUT2D eigenvalue weighted by molar-refractivity contribution is -0.137. The van der Waals surface area contributed by atoms with E-state index in [-0.39, 0.29) is 5.69 Å². The zero-order valence-corrected chi connectivity index (χ0v) is 14.6. The predicted molar refractivity (Wildman–Crippen MR) is 95.2 cm³/mol. The van der Waals surface area contributed by atoms with Crippen molar-refractivity contribution in [3.05, 3.63) is 71.5 Å². The van der Waals surface area contributed by atoms with Crippen LogP contribution in [-0.2, 0) is 6.18 Å². The van der Waals surface area contributed by atoms with Crippen LogP contribution in [0.5, 0.6) is 0 Å². The summed E-state index contributed by atoms with van der Waals surface area (Å²) in [5.74, 6) is 0. The Morgan fingerprint density at radius 3 is 2.00 bits per heavy atom. The first-order chi connectivity index (χ1) is 11.8. The number of alkyl halides is 3. The molecule has 0 aliphatic rings. The highest BCUT2D eigenvalue weighted by atomic mass is 32.2. The summed E-state index contributed by atoms with van der Waals surface area (Å²) in [6, 6.07) is 15.4. The fourth-order valence-electron chi connectivity index (χ4n) is 2.68. The Balaban J connectivity index is 1.83. The van der Waals surface area contributed by atoms with Gasteiger partial charge in [-0.15, -0.1) is 0 Å². The number of nitrogen functional groups attached to an aromatic ring is 1. The molecule has 2 N–H and O–H groups in total. The maximum atomic E-state index is 12.7. The zero-order valence-electron chi connectivity index (χ0n) is 13.8. The minimum Gasteiger partial charge on any atom is -0.398 e. The van der Waals surface area contributed by atoms with Crippen molar-refractivity contribution in [2.75, 3.05) is 5.73 Å². The Bertz CT molecular complexity index is 877. The molecule has 3 rings (SSSR count). The quantitative estimate of drug-likeness (QED) is 0.593. The van der Waals surface area contributed by atoms with Gasteiger partial charge in [0, 0.05) is 32.6 Å². The van der Waals surface area contributed by atoms with Crippen LogP contribution in [0.25, 0.3) is 5.69 Å². The molecule has 0 saturated heterocycles. The van der Waals surface area contributed by atoms with Crippen molar-refractivity contribution in [3.63, 3.8) is 0 Å². The monoisotopic (exact) mass is 362 g/mol. The van der Waals surface area contributed by atoms with Gasteiger partial charge in [-0.05, 0) is 68.4 Å². The first-order valence-electron chi connectivity index (χ1n) is 7.65. The second-order valence-corrected chi connectivity index (χ2v) is 6.91. The summed E-state index contributed by atoms with van der Waals surface area (Å²) < 4.78 is 40.3. The molecule has 1 aromatic heterocycles. The van der Waals surface area contributed by atoms with E-state index >= 15 is 0 Å². The maximum absolute atomic E-state index is 12.7. The van der Waals surface area contributed by atoms with E-state index in [1.807, 2.05) is 38.1 Å². The summed E-state index contributed by atoms with van der Waals surface area (Å²) in [6.07, 6.45) is -4.38. The van der Waals surface area contributed by atoms with Gasteiger partial charge in [0.1, 0.15) is 0 Å². The third-order valence-corrected chi connectivity index (χ3v) is 5.03. The fourth-order valence-corrected chi connectivity index (χ4v) is 3.52. The SMILES string of the molecule is Cc1ccc(C)n1-c1ccc(Sc2ccc(C(F)(F)F)cc2N)cc1. The Morgan fingerprint density at radius 2 is 1.48 bits per heavy atom. The van der Waals surface area contributed by atoms with Crippen LogP contribution in [0.2, 0.25) is 0 Å². The Kier molecular flexibility index (Phi) is 4.56. The maximum Gasteiger partial charge on any atom is 0.416 e. The van der Waals surface area contributed by atoms with E-state index < -0.39 is 11.7 Å². The van der Waals surface area contributed by atoms with Crippen LogP contribution in [-0.4, -0.2) is 4.57 Å². The predicted octanol–water partition coefficient (Wildman–Crippen LogP) is 5.85. The molecule has 0 unspecified atom stereocenters. The van der Waals surface area contributed by atoms with E-state index in [4.69, 9.17) is 5.73 Å². The number of nitrogens with two attached hydrogens (primary N) is 1. The molecular weight excluding hydrogens is 345 g/mol. The normalized spacial score (nSPS) is 11.7. The molecule has 3 aromatic rings. The molecule has 2 nitrogen and oxygen atoms in total. The van der Waals surface area contributed by atoms with Gasteiger partial charge in [0.15, 0.2) is 0 Å². The molecule has 25 heavy (non-hydrogen) atoms. The van der Waals surface area contributed by atoms with Gasteiger partial charge in [-0.25, -0.2) is 0 Å². The Morgan fingerprint density at radius 1 is 0.880 bits per heavy atom. The number of hydrogen-bond donors (Lipinski definition) is 1. The third kappa shape index (κ3) is 3.69. The number of rotatable bonds is 3. The van der Waals surface area contributed by atoms with Crippen LogP contribution in [0.15, 0.2) is 64.4 Å². The number of anilines is 1. The minimum atomic E-state index is -4.38. The third-order valence-electron chi connectivity index (χ3n) is 3.93. The molecule has 0 spiro atoms. The fraction of sp³-hybridized carbons (Fsp3) is 0.158. The van der Waals surface area contributed by atoms with Crippen molar-refractivity contribution >= 4 is 17.4 Å². The number of nitrogens with zero attached hydrogens (tertiary/aromatic N) is 1. The lowest BCUT2D eigenvalue weighted by Gasteiger charge is -2.12. The van der Waals surface area contributed by atoms with Crippen molar-refractivity contribution in [2.45, 2.75) is 29.8 Å². The first kappa shape index (κ1) is 17.5. The van der Waals surface area contributed by atoms with Gasteiger partial charge in [-0.2, -0.15) is 13.2 Å². The summed E-state index contributed by atoms with van der Waals surface area (Å²) in [7, 11) is 0. The van der Waals surface area contributed by atoms with Crippen molar-refractivity contribution in [2.24, 2.45) is 0 Å². The van der Waals surface area contributed by atoms with Crippen LogP contribution in [0, 0.1) is 13.8 Å². The number of hydrogen-bond acceptors (Lipinski definition) is 2. The van der Waals surface area contributed by atoms with Crippen molar-refractivity contribution < 1.29 is 13.2 Å². The van der Waals surface area contributed by atoms with Crippen LogP contribution in [0.1, 0.15) is 17.0 Å². The molecule has 0 aliphatic heterocycles. The van der Waals surface area contributed by atoms with Crippen LogP contribution >= 0.6 is 11.8 Å². The number of aromatic nitrogens is 1. The highest BCUT2D eigenvalue weighted by Crippen LogP contribution is 2.37. The summed E-state index contributed by atoms with van der Waals surface area (Å²) in [4.78, 5) is 1.52. The van der Waals surface area contributed by atoms with Gasteiger partial charge < -0.3 is 10.3 Å². The van der Waals surface area contributed by atoms with Gasteiger partial charge in [0.2, 0.25) is 0 Å². The lowest BCUT2D eigenvalue weighted by Crippen LogP contribution is -2.05. The number of benzene rings is 2. The molecule has 0 fully saturated rings. The summed E-state index contributed by atoms with van der Waals surface area (Å²) in [6.45, 7) is 4.08. The molecule has 6 heteroatoms. The molecule has 0 bridgehead atoms. The van der Waals surface area contributed by atoms with Gasteiger partial charge in [-0.1, -0.05) is 11.8 Å². The molecule has 0 aliphatic carbocycles. The molecule has 0 radical (unpaired) electrons. The Labute approximate surface area is 148 Å². The number of halogens is 3. The largest absolute Gasteiger partial charge is 0.416 e. The van der Waals surface area contributed by atoms with E-state index in [9.17, 15) is 13.2 Å². The molecule has 0 atom stereocenters. The van der Waals surface area contributed by atoms with Crippen molar-refractivity contribution in [1.82, 2.24) is 4.57 Å². The summed E-state index contributed by atoms with van der Waals surface area (Å²) in [5, 5.41) is 0. The van der Waals surface area contributed by atoms with Gasteiger partial charge in [0.25, 0.3) is 0 Å². The van der Waals surface area contributed by atoms with Crippen molar-refractivity contribution in [3.8, 4) is 5.69 Å². The van der Waals surface area contributed by atoms with E-state index in [1.165, 1.54) is 17.8 Å². The lowest BCUT2D eigenvalue weighted by atomic mass is 10.2. The van der Waals surface area contributed by atoms with Gasteiger partial charge in [-0.3, -0.25) is 0 Å². The highest BCUT2D eigenvalue weighted by Gasteiger charge is 2.30. The topological polar surface area (TPSA) is 30.9 Å². The average Bonchev–Trinajstić information content (AvgIpc) is 2.88. The van der Waals surface area contributed by atoms with E-state index in [2.05, 4.69) is 16.7 Å². The molecule has 0 amide bonds. The smallest absolute Gasteiger partial charge is 0.398 e. The molecular formula is C19H17F3N2S. The van der Waals surface area contributed by atoms with Gasteiger partial charge >= 0.3 is 6.18 Å². The van der Waals surface area contributed by atoms with Crippen LogP contribution in [0.4, 0.5) is 18.9 Å². The molecule has 0 saturated carbocycles.